The molecule has 106 valence electrons. The maximum absolute atomic E-state index is 13.8. The van der Waals surface area contributed by atoms with Crippen molar-refractivity contribution in [1.82, 2.24) is 0 Å². The second-order valence-corrected chi connectivity index (χ2v) is 6.11. The van der Waals surface area contributed by atoms with Gasteiger partial charge in [0.15, 0.2) is 15.7 Å². The first-order valence-corrected chi connectivity index (χ1v) is 6.90. The van der Waals surface area contributed by atoms with Crippen LogP contribution in [0.3, 0.4) is 0 Å². The van der Waals surface area contributed by atoms with Gasteiger partial charge in [-0.3, -0.25) is 0 Å². The van der Waals surface area contributed by atoms with E-state index in [1.165, 1.54) is 6.92 Å². The number of aliphatic hydroxyl groups is 1. The lowest BCUT2D eigenvalue weighted by atomic mass is 10.2. The Labute approximate surface area is 108 Å². The molecule has 0 saturated carbocycles. The van der Waals surface area contributed by atoms with Crippen LogP contribution in [-0.2, 0) is 9.84 Å². The largest absolute Gasteiger partial charge is 0.477 e. The lowest BCUT2D eigenvalue weighted by Gasteiger charge is -2.11. The van der Waals surface area contributed by atoms with Crippen LogP contribution in [0.2, 0.25) is 0 Å². The highest BCUT2D eigenvalue weighted by Crippen LogP contribution is 2.23. The summed E-state index contributed by atoms with van der Waals surface area (Å²) in [6, 6.07) is 1.26. The van der Waals surface area contributed by atoms with Crippen molar-refractivity contribution in [1.29, 1.82) is 0 Å². The highest BCUT2D eigenvalue weighted by molar-refractivity contribution is 7.91. The van der Waals surface area contributed by atoms with Crippen LogP contribution in [0.1, 0.15) is 17.3 Å². The van der Waals surface area contributed by atoms with Gasteiger partial charge < -0.3 is 10.2 Å². The van der Waals surface area contributed by atoms with Crippen molar-refractivity contribution in [2.45, 2.75) is 11.8 Å². The van der Waals surface area contributed by atoms with Gasteiger partial charge in [0.05, 0.1) is 5.75 Å². The van der Waals surface area contributed by atoms with Gasteiger partial charge >= 0.3 is 5.97 Å². The molecule has 8 heteroatoms. The first-order chi connectivity index (χ1) is 8.70. The Kier molecular flexibility index (Phi) is 4.59. The Bertz CT molecular complexity index is 597. The molecular weight excluding hydrogens is 282 g/mol. The van der Waals surface area contributed by atoms with Crippen molar-refractivity contribution in [3.8, 4) is 0 Å². The van der Waals surface area contributed by atoms with Gasteiger partial charge in [0.2, 0.25) is 0 Å². The van der Waals surface area contributed by atoms with E-state index in [-0.39, 0.29) is 0 Å². The highest BCUT2D eigenvalue weighted by Gasteiger charge is 2.27. The zero-order chi connectivity index (χ0) is 14.8. The number of carboxylic acid groups (broad SMARTS) is 1. The van der Waals surface area contributed by atoms with Gasteiger partial charge in [-0.15, -0.1) is 0 Å². The van der Waals surface area contributed by atoms with E-state index in [9.17, 15) is 22.0 Å². The van der Waals surface area contributed by atoms with Crippen molar-refractivity contribution >= 4 is 15.8 Å². The summed E-state index contributed by atoms with van der Waals surface area (Å²) in [4.78, 5) is 9.80. The number of hydrogen-bond acceptors (Lipinski definition) is 4. The minimum atomic E-state index is -4.14. The van der Waals surface area contributed by atoms with Crippen LogP contribution < -0.4 is 0 Å². The van der Waals surface area contributed by atoms with Crippen LogP contribution in [0.25, 0.3) is 0 Å². The summed E-state index contributed by atoms with van der Waals surface area (Å²) in [6.45, 7) is 1.00. The summed E-state index contributed by atoms with van der Waals surface area (Å²) in [5.74, 6) is -6.08. The SMILES string of the molecule is CC(CO)CS(=O)(=O)c1ccc(F)c(C(=O)O)c1F. The summed E-state index contributed by atoms with van der Waals surface area (Å²) in [7, 11) is -4.14. The molecule has 1 unspecified atom stereocenters. The van der Waals surface area contributed by atoms with E-state index in [0.717, 1.165) is 0 Å². The first kappa shape index (κ1) is 15.5. The molecule has 5 nitrogen and oxygen atoms in total. The van der Waals surface area contributed by atoms with Crippen LogP contribution in [0.5, 0.6) is 0 Å². The molecule has 0 aliphatic carbocycles. The molecular formula is C11H12F2O5S. The molecule has 0 bridgehead atoms. The van der Waals surface area contributed by atoms with Crippen LogP contribution in [0.15, 0.2) is 17.0 Å². The van der Waals surface area contributed by atoms with Gasteiger partial charge in [-0.05, 0) is 18.1 Å². The third kappa shape index (κ3) is 3.27. The molecule has 19 heavy (non-hydrogen) atoms. The quantitative estimate of drug-likeness (QED) is 0.792. The van der Waals surface area contributed by atoms with E-state index in [1.807, 2.05) is 0 Å². The fraction of sp³-hybridized carbons (Fsp3) is 0.364. The van der Waals surface area contributed by atoms with Gasteiger partial charge in [0.25, 0.3) is 0 Å². The number of sulfone groups is 1. The number of aromatic carboxylic acids is 1. The summed E-state index contributed by atoms with van der Waals surface area (Å²) >= 11 is 0. The van der Waals surface area contributed by atoms with E-state index in [1.54, 1.807) is 0 Å². The molecule has 1 aromatic rings. The second-order valence-electron chi connectivity index (χ2n) is 4.11. The number of benzene rings is 1. The molecule has 0 heterocycles. The van der Waals surface area contributed by atoms with Crippen LogP contribution >= 0.6 is 0 Å². The average molecular weight is 294 g/mol. The maximum atomic E-state index is 13.8. The summed E-state index contributed by atoms with van der Waals surface area (Å²) in [6.07, 6.45) is 0. The topological polar surface area (TPSA) is 91.7 Å². The van der Waals surface area contributed by atoms with Crippen molar-refractivity contribution in [3.63, 3.8) is 0 Å². The van der Waals surface area contributed by atoms with Crippen LogP contribution in [0, 0.1) is 17.6 Å². The monoisotopic (exact) mass is 294 g/mol. The smallest absolute Gasteiger partial charge is 0.341 e. The number of hydrogen-bond donors (Lipinski definition) is 2. The Balaban J connectivity index is 3.37. The predicted octanol–water partition coefficient (Wildman–Crippen LogP) is 1.07. The molecule has 0 radical (unpaired) electrons. The molecule has 1 rings (SSSR count). The van der Waals surface area contributed by atoms with Gasteiger partial charge in [-0.1, -0.05) is 6.92 Å². The minimum absolute atomic E-state index is 0.423. The van der Waals surface area contributed by atoms with Crippen molar-refractivity contribution in [3.05, 3.63) is 29.3 Å². The lowest BCUT2D eigenvalue weighted by Crippen LogP contribution is -2.19. The normalized spacial score (nSPS) is 13.3. The van der Waals surface area contributed by atoms with Gasteiger partial charge in [-0.25, -0.2) is 22.0 Å². The molecule has 0 saturated heterocycles. The van der Waals surface area contributed by atoms with Crippen molar-refractivity contribution in [2.24, 2.45) is 5.92 Å². The molecule has 0 aromatic heterocycles. The first-order valence-electron chi connectivity index (χ1n) is 5.25. The molecule has 0 spiro atoms. The third-order valence-corrected chi connectivity index (χ3v) is 4.41. The standard InChI is InChI=1S/C11H12F2O5S/c1-6(4-14)5-19(17,18)8-3-2-7(12)9(10(8)13)11(15)16/h2-3,6,14H,4-5H2,1H3,(H,15,16). The Morgan fingerprint density at radius 2 is 1.95 bits per heavy atom. The molecule has 2 N–H and O–H groups in total. The maximum Gasteiger partial charge on any atom is 0.341 e. The molecule has 0 aliphatic heterocycles. The average Bonchev–Trinajstić information content (AvgIpc) is 2.27. The number of rotatable bonds is 5. The molecule has 0 aliphatic rings. The van der Waals surface area contributed by atoms with E-state index < -0.39 is 56.2 Å². The third-order valence-electron chi connectivity index (χ3n) is 2.42. The minimum Gasteiger partial charge on any atom is -0.477 e. The Morgan fingerprint density at radius 1 is 1.37 bits per heavy atom. The molecule has 1 aromatic carbocycles. The number of aliphatic hydroxyl groups excluding tert-OH is 1. The van der Waals surface area contributed by atoms with E-state index in [0.29, 0.717) is 12.1 Å². The fourth-order valence-corrected chi connectivity index (χ4v) is 3.17. The Morgan fingerprint density at radius 3 is 2.42 bits per heavy atom. The van der Waals surface area contributed by atoms with Gasteiger partial charge in [-0.2, -0.15) is 0 Å². The lowest BCUT2D eigenvalue weighted by molar-refractivity contribution is 0.0685. The van der Waals surface area contributed by atoms with Crippen LogP contribution in [0.4, 0.5) is 8.78 Å². The second kappa shape index (κ2) is 5.62. The fourth-order valence-electron chi connectivity index (χ4n) is 1.49. The zero-order valence-corrected chi connectivity index (χ0v) is 10.7. The predicted molar refractivity (Wildman–Crippen MR) is 61.6 cm³/mol. The Hall–Kier alpha value is -1.54. The number of halogens is 2. The number of carboxylic acids is 1. The molecule has 0 amide bonds. The van der Waals surface area contributed by atoms with E-state index >= 15 is 0 Å². The molecule has 0 fully saturated rings. The zero-order valence-electron chi connectivity index (χ0n) is 9.93. The van der Waals surface area contributed by atoms with Gasteiger partial charge in [0, 0.05) is 6.61 Å². The summed E-state index contributed by atoms with van der Waals surface area (Å²) in [5.41, 5.74) is -1.31. The van der Waals surface area contributed by atoms with Gasteiger partial charge in [0.1, 0.15) is 16.3 Å². The highest BCUT2D eigenvalue weighted by atomic mass is 32.2. The van der Waals surface area contributed by atoms with Crippen molar-refractivity contribution < 1.29 is 32.2 Å². The number of carbonyl (C=O) groups is 1. The molecule has 1 atom stereocenters. The summed E-state index contributed by atoms with van der Waals surface area (Å²) in [5, 5.41) is 17.4. The van der Waals surface area contributed by atoms with E-state index in [4.69, 9.17) is 10.2 Å². The van der Waals surface area contributed by atoms with Crippen LogP contribution in [-0.4, -0.2) is 37.0 Å². The summed E-state index contributed by atoms with van der Waals surface area (Å²) < 4.78 is 50.6. The van der Waals surface area contributed by atoms with E-state index in [2.05, 4.69) is 0 Å². The van der Waals surface area contributed by atoms with Crippen molar-refractivity contribution in [2.75, 3.05) is 12.4 Å².